The Morgan fingerprint density at radius 1 is 1.05 bits per heavy atom. The summed E-state index contributed by atoms with van der Waals surface area (Å²) in [7, 11) is 0. The Labute approximate surface area is 253 Å². The lowest BCUT2D eigenvalue weighted by atomic mass is 10.0. The molecule has 1 unspecified atom stereocenters. The molecule has 2 amide bonds. The van der Waals surface area contributed by atoms with E-state index < -0.39 is 23.4 Å². The number of anilines is 2. The van der Waals surface area contributed by atoms with Crippen molar-refractivity contribution in [1.82, 2.24) is 10.3 Å². The number of hydrogen-bond acceptors (Lipinski definition) is 7. The molecule has 1 aromatic heterocycles. The van der Waals surface area contributed by atoms with E-state index in [1.807, 2.05) is 67.6 Å². The van der Waals surface area contributed by atoms with Crippen LogP contribution < -0.4 is 21.6 Å². The van der Waals surface area contributed by atoms with Crippen molar-refractivity contribution in [1.29, 1.82) is 0 Å². The summed E-state index contributed by atoms with van der Waals surface area (Å²) in [6.45, 7) is 8.98. The van der Waals surface area contributed by atoms with E-state index in [0.29, 0.717) is 34.1 Å². The third-order valence-electron chi connectivity index (χ3n) is 6.58. The zero-order valence-corrected chi connectivity index (χ0v) is 25.9. The number of benzene rings is 3. The first kappa shape index (κ1) is 30.8. The number of halogens is 1. The van der Waals surface area contributed by atoms with Gasteiger partial charge in [0.05, 0.1) is 16.9 Å². The molecule has 10 heteroatoms. The number of aryl methyl sites for hydroxylation is 1. The molecule has 0 aliphatic carbocycles. The topological polar surface area (TPSA) is 123 Å². The molecule has 42 heavy (non-hydrogen) atoms. The molecule has 1 heterocycles. The molecule has 0 saturated heterocycles. The van der Waals surface area contributed by atoms with Gasteiger partial charge in [-0.2, -0.15) is 4.98 Å². The van der Waals surface area contributed by atoms with Crippen LogP contribution in [0.1, 0.15) is 56.8 Å². The van der Waals surface area contributed by atoms with Gasteiger partial charge in [0, 0.05) is 16.6 Å². The van der Waals surface area contributed by atoms with E-state index in [0.717, 1.165) is 11.1 Å². The Bertz CT molecular complexity index is 1620. The summed E-state index contributed by atoms with van der Waals surface area (Å²) in [4.78, 5) is 43.8. The lowest BCUT2D eigenvalue weighted by molar-refractivity contribution is -0.122. The number of aromatic nitrogens is 1. The van der Waals surface area contributed by atoms with Crippen LogP contribution in [0.5, 0.6) is 0 Å². The number of carbonyl (C=O) groups excluding carboxylic acids is 2. The van der Waals surface area contributed by atoms with Crippen LogP contribution in [0, 0.1) is 6.92 Å². The number of ether oxygens (including phenoxy) is 1. The van der Waals surface area contributed by atoms with E-state index >= 15 is 0 Å². The first-order chi connectivity index (χ1) is 19.9. The van der Waals surface area contributed by atoms with Crippen LogP contribution in [0.2, 0.25) is 0 Å². The highest BCUT2D eigenvalue weighted by atomic mass is 79.9. The summed E-state index contributed by atoms with van der Waals surface area (Å²) in [6.07, 6.45) is 0.381. The lowest BCUT2D eigenvalue weighted by Crippen LogP contribution is -2.43. The Balaban J connectivity index is 1.65. The van der Waals surface area contributed by atoms with E-state index in [1.165, 1.54) is 0 Å². The Hall–Kier alpha value is -4.18. The van der Waals surface area contributed by atoms with Gasteiger partial charge in [-0.3, -0.25) is 10.1 Å². The van der Waals surface area contributed by atoms with Gasteiger partial charge in [0.15, 0.2) is 0 Å². The smallest absolute Gasteiger partial charge is 0.412 e. The fourth-order valence-corrected chi connectivity index (χ4v) is 5.07. The predicted molar refractivity (Wildman–Crippen MR) is 168 cm³/mol. The second-order valence-corrected chi connectivity index (χ2v) is 11.8. The minimum absolute atomic E-state index is 0.0932. The van der Waals surface area contributed by atoms with Crippen LogP contribution in [0.15, 0.2) is 80.4 Å². The number of fused-ring (bicyclic) bond motifs is 1. The van der Waals surface area contributed by atoms with Crippen molar-refractivity contribution in [2.24, 2.45) is 0 Å². The SMILES string of the molecule is CCC(NC(=O)[C@H](Cc1ccccc1)Nc1nc2c(Br)cc(NC(=O)OC(C)(C)C)c(C)c2c(=O)o1)c1ccccc1. The van der Waals surface area contributed by atoms with Gasteiger partial charge in [-0.1, -0.05) is 67.6 Å². The Kier molecular flexibility index (Phi) is 9.67. The molecule has 0 bridgehead atoms. The molecule has 0 radical (unpaired) electrons. The van der Waals surface area contributed by atoms with E-state index in [9.17, 15) is 14.4 Å². The maximum absolute atomic E-state index is 13.6. The zero-order chi connectivity index (χ0) is 30.4. The van der Waals surface area contributed by atoms with Crippen LogP contribution in [0.25, 0.3) is 10.9 Å². The fraction of sp³-hybridized carbons (Fsp3) is 0.312. The number of nitrogens with one attached hydrogen (secondary N) is 3. The maximum atomic E-state index is 13.6. The summed E-state index contributed by atoms with van der Waals surface area (Å²) in [5.41, 5.74) is 1.76. The molecule has 0 saturated carbocycles. The first-order valence-corrected chi connectivity index (χ1v) is 14.5. The highest BCUT2D eigenvalue weighted by Gasteiger charge is 2.25. The molecule has 3 N–H and O–H groups in total. The zero-order valence-electron chi connectivity index (χ0n) is 24.3. The highest BCUT2D eigenvalue weighted by Crippen LogP contribution is 2.31. The second-order valence-electron chi connectivity index (χ2n) is 11.0. The molecule has 4 aromatic rings. The highest BCUT2D eigenvalue weighted by molar-refractivity contribution is 9.10. The van der Waals surface area contributed by atoms with Crippen LogP contribution in [0.3, 0.4) is 0 Å². The number of amides is 2. The molecule has 0 aliphatic heterocycles. The van der Waals surface area contributed by atoms with E-state index in [2.05, 4.69) is 36.9 Å². The van der Waals surface area contributed by atoms with Crippen LogP contribution in [-0.4, -0.2) is 28.6 Å². The summed E-state index contributed by atoms with van der Waals surface area (Å²) < 4.78 is 11.4. The van der Waals surface area contributed by atoms with Crippen molar-refractivity contribution in [2.45, 2.75) is 65.1 Å². The van der Waals surface area contributed by atoms with Crippen LogP contribution >= 0.6 is 15.9 Å². The Morgan fingerprint density at radius 2 is 1.69 bits per heavy atom. The minimum Gasteiger partial charge on any atom is -0.444 e. The summed E-state index contributed by atoms with van der Waals surface area (Å²) in [5.74, 6) is -0.258. The molecule has 9 nitrogen and oxygen atoms in total. The van der Waals surface area contributed by atoms with Crippen molar-refractivity contribution in [3.05, 3.63) is 98.3 Å². The predicted octanol–water partition coefficient (Wildman–Crippen LogP) is 6.90. The minimum atomic E-state index is -0.786. The molecular formula is C32H35BrN4O5. The van der Waals surface area contributed by atoms with Gasteiger partial charge in [-0.15, -0.1) is 0 Å². The second kappa shape index (κ2) is 13.2. The molecule has 220 valence electrons. The summed E-state index contributed by atoms with van der Waals surface area (Å²) in [5, 5.41) is 9.07. The lowest BCUT2D eigenvalue weighted by Gasteiger charge is -2.23. The number of carbonyl (C=O) groups is 2. The monoisotopic (exact) mass is 634 g/mol. The Morgan fingerprint density at radius 3 is 2.31 bits per heavy atom. The molecule has 0 spiro atoms. The third kappa shape index (κ3) is 7.76. The molecule has 0 fully saturated rings. The van der Waals surface area contributed by atoms with Crippen molar-refractivity contribution in [3.63, 3.8) is 0 Å². The van der Waals surface area contributed by atoms with Gasteiger partial charge < -0.3 is 19.8 Å². The van der Waals surface area contributed by atoms with Crippen LogP contribution in [0.4, 0.5) is 16.5 Å². The number of hydrogen-bond donors (Lipinski definition) is 3. The van der Waals surface area contributed by atoms with E-state index in [4.69, 9.17) is 9.15 Å². The van der Waals surface area contributed by atoms with Gasteiger partial charge >= 0.3 is 11.7 Å². The number of rotatable bonds is 9. The summed E-state index contributed by atoms with van der Waals surface area (Å²) in [6, 6.07) is 19.9. The average molecular weight is 636 g/mol. The fourth-order valence-electron chi connectivity index (χ4n) is 4.55. The van der Waals surface area contributed by atoms with E-state index in [-0.39, 0.29) is 23.3 Å². The normalized spacial score (nSPS) is 12.8. The van der Waals surface area contributed by atoms with Crippen molar-refractivity contribution in [2.75, 3.05) is 10.6 Å². The van der Waals surface area contributed by atoms with Gasteiger partial charge in [-0.05, 0) is 72.8 Å². The first-order valence-electron chi connectivity index (χ1n) is 13.7. The molecular weight excluding hydrogens is 600 g/mol. The molecule has 2 atom stereocenters. The van der Waals surface area contributed by atoms with Crippen molar-refractivity contribution in [3.8, 4) is 0 Å². The average Bonchev–Trinajstić information content (AvgIpc) is 2.94. The maximum Gasteiger partial charge on any atom is 0.412 e. The van der Waals surface area contributed by atoms with Crippen LogP contribution in [-0.2, 0) is 16.0 Å². The quantitative estimate of drug-likeness (QED) is 0.183. The molecule has 3 aromatic carbocycles. The number of nitrogens with zero attached hydrogens (tertiary/aromatic N) is 1. The van der Waals surface area contributed by atoms with Gasteiger partial charge in [0.2, 0.25) is 5.91 Å². The van der Waals surface area contributed by atoms with Gasteiger partial charge in [0.1, 0.15) is 11.6 Å². The summed E-state index contributed by atoms with van der Waals surface area (Å²) >= 11 is 3.48. The van der Waals surface area contributed by atoms with Crippen molar-refractivity contribution < 1.29 is 18.7 Å². The van der Waals surface area contributed by atoms with Crippen molar-refractivity contribution >= 4 is 50.5 Å². The molecule has 4 rings (SSSR count). The van der Waals surface area contributed by atoms with E-state index in [1.54, 1.807) is 33.8 Å². The standard InChI is InChI=1S/C32H35BrN4O5/c1-6-23(21-15-11-8-12-16-21)34-28(38)25(17-20-13-9-7-10-14-20)35-30-37-27-22(33)18-24(19(2)26(27)29(39)41-30)36-31(40)42-32(3,4)5/h7-16,18,23,25H,6,17H2,1-5H3,(H,34,38)(H,35,37)(H,36,40)/t23?,25-/m0/s1. The third-order valence-corrected chi connectivity index (χ3v) is 7.18. The van der Waals surface area contributed by atoms with Gasteiger partial charge in [0.25, 0.3) is 6.01 Å². The van der Waals surface area contributed by atoms with Gasteiger partial charge in [-0.25, -0.2) is 9.59 Å². The molecule has 0 aliphatic rings. The largest absolute Gasteiger partial charge is 0.444 e.